The highest BCUT2D eigenvalue weighted by molar-refractivity contribution is 6.18. The summed E-state index contributed by atoms with van der Waals surface area (Å²) < 4.78 is 13.1. The number of carbonyl (C=O) groups is 4. The van der Waals surface area contributed by atoms with Gasteiger partial charge in [-0.2, -0.15) is 5.06 Å². The minimum Gasteiger partial charge on any atom is -0.351 e. The highest BCUT2D eigenvalue weighted by Crippen LogP contribution is 2.34. The number of carbonyl (C=O) groups excluding carboxylic acids is 4. The van der Waals surface area contributed by atoms with Crippen molar-refractivity contribution in [2.45, 2.75) is 19.4 Å². The Bertz CT molecular complexity index is 1280. The Morgan fingerprint density at radius 3 is 2.32 bits per heavy atom. The Hall–Kier alpha value is -4.37. The summed E-state index contributed by atoms with van der Waals surface area (Å²) in [6, 6.07) is 18.5. The summed E-state index contributed by atoms with van der Waals surface area (Å²) in [5, 5.41) is 12.6. The molecule has 0 saturated carbocycles. The number of hydrogen-bond acceptors (Lipinski definition) is 5. The molecule has 0 fully saturated rings. The lowest BCUT2D eigenvalue weighted by Gasteiger charge is -2.29. The Labute approximate surface area is 194 Å². The second-order valence-corrected chi connectivity index (χ2v) is 7.69. The van der Waals surface area contributed by atoms with Crippen LogP contribution in [0.25, 0.3) is 0 Å². The smallest absolute Gasteiger partial charge is 0.285 e. The summed E-state index contributed by atoms with van der Waals surface area (Å²) in [6.45, 7) is 1.38. The third-order valence-corrected chi connectivity index (χ3v) is 5.46. The Morgan fingerprint density at radius 2 is 1.68 bits per heavy atom. The van der Waals surface area contributed by atoms with Gasteiger partial charge in [-0.15, -0.1) is 0 Å². The maximum atomic E-state index is 13.1. The first kappa shape index (κ1) is 22.8. The second-order valence-electron chi connectivity index (χ2n) is 7.69. The molecular formula is C25H20FN3O5. The molecule has 0 aliphatic carbocycles. The number of hydrogen-bond donors (Lipinski definition) is 2. The molecule has 2 N–H and O–H groups in total. The van der Waals surface area contributed by atoms with Crippen LogP contribution < -0.4 is 10.2 Å². The van der Waals surface area contributed by atoms with Crippen molar-refractivity contribution in [3.63, 3.8) is 0 Å². The lowest BCUT2D eigenvalue weighted by atomic mass is 9.88. The minimum atomic E-state index is -1.48. The van der Waals surface area contributed by atoms with Gasteiger partial charge < -0.3 is 5.32 Å². The van der Waals surface area contributed by atoms with E-state index in [1.807, 2.05) is 0 Å². The third-order valence-electron chi connectivity index (χ3n) is 5.46. The van der Waals surface area contributed by atoms with Crippen LogP contribution in [0.1, 0.15) is 34.3 Å². The summed E-state index contributed by atoms with van der Waals surface area (Å²) in [6.07, 6.45) is 0. The van der Waals surface area contributed by atoms with Crippen LogP contribution in [-0.2, 0) is 20.9 Å². The van der Waals surface area contributed by atoms with E-state index in [1.54, 1.807) is 30.3 Å². The Balaban J connectivity index is 1.68. The van der Waals surface area contributed by atoms with Gasteiger partial charge in [-0.25, -0.2) is 4.39 Å². The first-order valence-corrected chi connectivity index (χ1v) is 10.4. The number of benzene rings is 3. The molecule has 0 radical (unpaired) electrons. The summed E-state index contributed by atoms with van der Waals surface area (Å²) in [5.41, 5.74) is 1.52. The maximum absolute atomic E-state index is 13.1. The van der Waals surface area contributed by atoms with Crippen LogP contribution in [0.2, 0.25) is 0 Å². The normalized spacial score (nSPS) is 15.0. The number of para-hydroxylation sites is 1. The molecule has 0 aromatic heterocycles. The number of halogens is 1. The molecule has 9 heteroatoms. The molecule has 1 heterocycles. The van der Waals surface area contributed by atoms with Crippen molar-refractivity contribution in [1.82, 2.24) is 10.4 Å². The summed E-state index contributed by atoms with van der Waals surface area (Å²) >= 11 is 0. The van der Waals surface area contributed by atoms with Crippen molar-refractivity contribution in [3.05, 3.63) is 95.3 Å². The molecular weight excluding hydrogens is 441 g/mol. The molecule has 3 aromatic carbocycles. The van der Waals surface area contributed by atoms with Crippen molar-refractivity contribution in [3.8, 4) is 0 Å². The van der Waals surface area contributed by atoms with Gasteiger partial charge in [-0.05, 0) is 47.5 Å². The van der Waals surface area contributed by atoms with E-state index >= 15 is 0 Å². The Kier molecular flexibility index (Phi) is 6.20. The predicted molar refractivity (Wildman–Crippen MR) is 120 cm³/mol. The van der Waals surface area contributed by atoms with E-state index in [4.69, 9.17) is 0 Å². The monoisotopic (exact) mass is 461 g/mol. The van der Waals surface area contributed by atoms with Gasteiger partial charge in [0.2, 0.25) is 11.8 Å². The highest BCUT2D eigenvalue weighted by Gasteiger charge is 2.43. The van der Waals surface area contributed by atoms with Crippen LogP contribution in [0.5, 0.6) is 0 Å². The van der Waals surface area contributed by atoms with Gasteiger partial charge >= 0.3 is 0 Å². The maximum Gasteiger partial charge on any atom is 0.285 e. The molecule has 34 heavy (non-hydrogen) atoms. The average Bonchev–Trinajstić information content (AvgIpc) is 2.83. The fourth-order valence-corrected chi connectivity index (χ4v) is 3.83. The van der Waals surface area contributed by atoms with E-state index in [0.717, 1.165) is 0 Å². The van der Waals surface area contributed by atoms with Crippen molar-refractivity contribution >= 4 is 35.0 Å². The summed E-state index contributed by atoms with van der Waals surface area (Å²) in [5.74, 6) is -5.04. The van der Waals surface area contributed by atoms with Crippen LogP contribution in [-0.4, -0.2) is 33.9 Å². The first-order valence-electron chi connectivity index (χ1n) is 10.4. The lowest BCUT2D eigenvalue weighted by Crippen LogP contribution is -2.47. The molecule has 1 aliphatic heterocycles. The van der Waals surface area contributed by atoms with E-state index < -0.39 is 29.5 Å². The molecule has 1 aliphatic rings. The molecule has 4 rings (SSSR count). The Morgan fingerprint density at radius 1 is 1.00 bits per heavy atom. The molecule has 4 amide bonds. The van der Waals surface area contributed by atoms with Gasteiger partial charge in [-0.1, -0.05) is 36.4 Å². The van der Waals surface area contributed by atoms with Gasteiger partial charge in [0.1, 0.15) is 11.7 Å². The molecule has 1 unspecified atom stereocenters. The number of hydroxylamine groups is 2. The molecule has 8 nitrogen and oxygen atoms in total. The number of anilines is 2. The number of nitrogens with zero attached hydrogens (tertiary/aromatic N) is 2. The van der Waals surface area contributed by atoms with Crippen LogP contribution in [0.15, 0.2) is 72.8 Å². The summed E-state index contributed by atoms with van der Waals surface area (Å²) in [4.78, 5) is 51.9. The highest BCUT2D eigenvalue weighted by atomic mass is 19.1. The van der Waals surface area contributed by atoms with Gasteiger partial charge in [-0.3, -0.25) is 29.3 Å². The second kappa shape index (κ2) is 9.24. The number of rotatable bonds is 5. The van der Waals surface area contributed by atoms with Crippen molar-refractivity contribution < 1.29 is 28.8 Å². The van der Waals surface area contributed by atoms with Crippen LogP contribution in [0.3, 0.4) is 0 Å². The van der Waals surface area contributed by atoms with Crippen LogP contribution >= 0.6 is 0 Å². The zero-order valence-electron chi connectivity index (χ0n) is 18.1. The van der Waals surface area contributed by atoms with E-state index in [1.165, 1.54) is 54.3 Å². The topological polar surface area (TPSA) is 107 Å². The number of fused-ring (bicyclic) bond motifs is 1. The van der Waals surface area contributed by atoms with E-state index in [0.29, 0.717) is 16.9 Å². The quantitative estimate of drug-likeness (QED) is 0.345. The van der Waals surface area contributed by atoms with Gasteiger partial charge in [0.25, 0.3) is 11.8 Å². The summed E-state index contributed by atoms with van der Waals surface area (Å²) in [7, 11) is 0. The SMILES string of the molecule is CC(=O)N(c1ccccc1)c1ccc2c(c1)C(=O)N(O)C(=O)C2C(=O)NCc1ccc(F)cc1. The molecule has 0 spiro atoms. The van der Waals surface area contributed by atoms with Crippen molar-refractivity contribution in [1.29, 1.82) is 0 Å². The fourth-order valence-electron chi connectivity index (χ4n) is 3.83. The third kappa shape index (κ3) is 4.28. The lowest BCUT2D eigenvalue weighted by molar-refractivity contribution is -0.159. The fraction of sp³-hybridized carbons (Fsp3) is 0.120. The average molecular weight is 461 g/mol. The predicted octanol–water partition coefficient (Wildman–Crippen LogP) is 3.28. The number of imide groups is 1. The van der Waals surface area contributed by atoms with Crippen molar-refractivity contribution in [2.75, 3.05) is 4.90 Å². The van der Waals surface area contributed by atoms with Gasteiger partial charge in [0, 0.05) is 30.4 Å². The first-order chi connectivity index (χ1) is 16.3. The largest absolute Gasteiger partial charge is 0.351 e. The molecule has 1 atom stereocenters. The van der Waals surface area contributed by atoms with E-state index in [9.17, 15) is 28.8 Å². The molecule has 0 saturated heterocycles. The van der Waals surface area contributed by atoms with Crippen LogP contribution in [0.4, 0.5) is 15.8 Å². The van der Waals surface area contributed by atoms with Crippen LogP contribution in [0, 0.1) is 5.82 Å². The number of amides is 4. The zero-order chi connectivity index (χ0) is 24.4. The molecule has 172 valence electrons. The minimum absolute atomic E-state index is 0.0157. The standard InChI is InChI=1S/C25H20FN3O5/c1-15(30)28(18-5-3-2-4-6-18)19-11-12-20-21(13-19)24(32)29(34)25(33)22(20)23(31)27-14-16-7-9-17(26)10-8-16/h2-13,22,34H,14H2,1H3,(H,27,31). The van der Waals surface area contributed by atoms with Gasteiger partial charge in [0.05, 0.1) is 0 Å². The van der Waals surface area contributed by atoms with Crippen molar-refractivity contribution in [2.24, 2.45) is 0 Å². The molecule has 0 bridgehead atoms. The van der Waals surface area contributed by atoms with Gasteiger partial charge in [0.15, 0.2) is 0 Å². The molecule has 3 aromatic rings. The number of nitrogens with one attached hydrogen (secondary N) is 1. The van der Waals surface area contributed by atoms with E-state index in [-0.39, 0.29) is 28.6 Å². The van der Waals surface area contributed by atoms with E-state index in [2.05, 4.69) is 5.32 Å². The zero-order valence-corrected chi connectivity index (χ0v) is 18.1.